The highest BCUT2D eigenvalue weighted by Gasteiger charge is 2.47. The van der Waals surface area contributed by atoms with Gasteiger partial charge in [0.15, 0.2) is 5.65 Å². The zero-order valence-electron chi connectivity index (χ0n) is 18.9. The molecule has 7 nitrogen and oxygen atoms in total. The predicted molar refractivity (Wildman–Crippen MR) is 122 cm³/mol. The first-order chi connectivity index (χ1) is 15.0. The molecule has 1 aliphatic heterocycles. The topological polar surface area (TPSA) is 88.8 Å². The molecule has 2 N–H and O–H groups in total. The zero-order chi connectivity index (χ0) is 22.8. The van der Waals surface area contributed by atoms with Crippen LogP contribution in [0.25, 0.3) is 33.3 Å². The molecule has 166 valence electrons. The van der Waals surface area contributed by atoms with E-state index < -0.39 is 11.7 Å². The second kappa shape index (κ2) is 6.93. The number of benzene rings is 1. The minimum atomic E-state index is -1.08. The first-order valence-corrected chi connectivity index (χ1v) is 10.8. The van der Waals surface area contributed by atoms with Crippen molar-refractivity contribution in [1.29, 1.82) is 0 Å². The lowest BCUT2D eigenvalue weighted by Crippen LogP contribution is -2.64. The second-order valence-electron chi connectivity index (χ2n) is 10.0. The largest absolute Gasteiger partial charge is 0.507 e. The van der Waals surface area contributed by atoms with Gasteiger partial charge < -0.3 is 15.0 Å². The van der Waals surface area contributed by atoms with Crippen LogP contribution < -0.4 is 5.32 Å². The van der Waals surface area contributed by atoms with E-state index in [0.717, 1.165) is 11.1 Å². The normalized spacial score (nSPS) is 22.4. The van der Waals surface area contributed by atoms with E-state index in [2.05, 4.69) is 39.3 Å². The number of phenols is 1. The van der Waals surface area contributed by atoms with Crippen LogP contribution in [0.15, 0.2) is 36.7 Å². The lowest BCUT2D eigenvalue weighted by Gasteiger charge is -2.49. The first kappa shape index (κ1) is 20.8. The minimum absolute atomic E-state index is 0.0659. The van der Waals surface area contributed by atoms with Gasteiger partial charge in [-0.1, -0.05) is 0 Å². The number of fused-ring (bicyclic) bond motifs is 2. The molecule has 0 spiro atoms. The lowest BCUT2D eigenvalue weighted by atomic mass is 9.78. The fourth-order valence-electron chi connectivity index (χ4n) is 5.04. The molecule has 5 rings (SSSR count). The molecule has 1 aromatic carbocycles. The maximum absolute atomic E-state index is 15.5. The summed E-state index contributed by atoms with van der Waals surface area (Å²) in [7, 11) is 0. The van der Waals surface area contributed by atoms with E-state index in [1.807, 2.05) is 43.7 Å². The fourth-order valence-corrected chi connectivity index (χ4v) is 5.04. The van der Waals surface area contributed by atoms with Gasteiger partial charge in [0.05, 0.1) is 28.5 Å². The Morgan fingerprint density at radius 1 is 1.12 bits per heavy atom. The monoisotopic (exact) mass is 434 g/mol. The van der Waals surface area contributed by atoms with Crippen molar-refractivity contribution in [3.05, 3.63) is 42.4 Å². The Labute approximate surface area is 185 Å². The molecule has 4 aromatic rings. The molecular weight excluding hydrogens is 407 g/mol. The van der Waals surface area contributed by atoms with E-state index >= 15 is 4.39 Å². The molecule has 0 unspecified atom stereocenters. The van der Waals surface area contributed by atoms with Crippen molar-refractivity contribution in [2.24, 2.45) is 0 Å². The maximum Gasteiger partial charge on any atom is 0.162 e. The maximum atomic E-state index is 15.5. The zero-order valence-corrected chi connectivity index (χ0v) is 18.9. The highest BCUT2D eigenvalue weighted by Crippen LogP contribution is 2.40. The first-order valence-electron chi connectivity index (χ1n) is 10.8. The smallest absolute Gasteiger partial charge is 0.162 e. The van der Waals surface area contributed by atoms with Gasteiger partial charge in [0.1, 0.15) is 11.9 Å². The molecule has 0 radical (unpaired) electrons. The number of aromatic hydroxyl groups is 1. The highest BCUT2D eigenvalue weighted by atomic mass is 19.1. The lowest BCUT2D eigenvalue weighted by molar-refractivity contribution is 0.0313. The van der Waals surface area contributed by atoms with Crippen LogP contribution >= 0.6 is 0 Å². The van der Waals surface area contributed by atoms with Crippen LogP contribution in [0.1, 0.15) is 45.9 Å². The van der Waals surface area contributed by atoms with Gasteiger partial charge in [-0.3, -0.25) is 4.98 Å². The third kappa shape index (κ3) is 3.39. The number of hydrogen-bond acceptors (Lipinski definition) is 6. The number of rotatable bonds is 2. The summed E-state index contributed by atoms with van der Waals surface area (Å²) in [5.74, 6) is 0.0659. The Hall–Kier alpha value is -3.13. The highest BCUT2D eigenvalue weighted by molar-refractivity contribution is 5.87. The number of halogens is 1. The van der Waals surface area contributed by atoms with Crippen molar-refractivity contribution in [3.63, 3.8) is 0 Å². The van der Waals surface area contributed by atoms with Crippen molar-refractivity contribution in [2.75, 3.05) is 0 Å². The van der Waals surface area contributed by atoms with Gasteiger partial charge in [0.2, 0.25) is 0 Å². The quantitative estimate of drug-likeness (QED) is 0.483. The van der Waals surface area contributed by atoms with Crippen LogP contribution in [0.5, 0.6) is 5.75 Å². The molecule has 1 saturated heterocycles. The van der Waals surface area contributed by atoms with Crippen LogP contribution in [0, 0.1) is 6.92 Å². The number of phenolic OH excluding ortho intramolecular Hbond substituents is 1. The number of aromatic nitrogens is 5. The van der Waals surface area contributed by atoms with Gasteiger partial charge in [-0.05, 0) is 59.2 Å². The average Bonchev–Trinajstić information content (AvgIpc) is 3.12. The standard InChI is InChI=1S/C24H27FN6O/c1-13-12-26-17-9-15(20(32)10-18(17)27-13)16-8-14-6-7-31(22(14)29-28-16)19-11-23(2,3)30-24(4,5)21(19)25/h6-10,12,19,21,30,32H,11H2,1-5H3/t19-,21-/m0/s1. The van der Waals surface area contributed by atoms with Gasteiger partial charge >= 0.3 is 0 Å². The van der Waals surface area contributed by atoms with Crippen molar-refractivity contribution >= 4 is 22.1 Å². The molecule has 8 heteroatoms. The summed E-state index contributed by atoms with van der Waals surface area (Å²) < 4.78 is 17.4. The Balaban J connectivity index is 1.57. The number of hydrogen-bond donors (Lipinski definition) is 2. The Morgan fingerprint density at radius 3 is 2.69 bits per heavy atom. The molecule has 1 fully saturated rings. The van der Waals surface area contributed by atoms with Gasteiger partial charge in [-0.25, -0.2) is 9.37 Å². The third-order valence-electron chi connectivity index (χ3n) is 6.28. The van der Waals surface area contributed by atoms with Gasteiger partial charge in [0.25, 0.3) is 0 Å². The van der Waals surface area contributed by atoms with E-state index in [9.17, 15) is 5.11 Å². The van der Waals surface area contributed by atoms with Crippen molar-refractivity contribution in [2.45, 2.75) is 64.3 Å². The van der Waals surface area contributed by atoms with E-state index in [-0.39, 0.29) is 17.3 Å². The Morgan fingerprint density at radius 2 is 1.91 bits per heavy atom. The minimum Gasteiger partial charge on any atom is -0.507 e. The van der Waals surface area contributed by atoms with E-state index in [1.165, 1.54) is 0 Å². The van der Waals surface area contributed by atoms with Gasteiger partial charge in [0, 0.05) is 40.5 Å². The summed E-state index contributed by atoms with van der Waals surface area (Å²) in [5.41, 5.74) is 2.89. The van der Waals surface area contributed by atoms with Crippen molar-refractivity contribution < 1.29 is 9.50 Å². The van der Waals surface area contributed by atoms with Crippen LogP contribution in [0.4, 0.5) is 4.39 Å². The molecule has 32 heavy (non-hydrogen) atoms. The second-order valence-corrected chi connectivity index (χ2v) is 10.0. The Kier molecular flexibility index (Phi) is 4.50. The van der Waals surface area contributed by atoms with Gasteiger partial charge in [-0.2, -0.15) is 0 Å². The summed E-state index contributed by atoms with van der Waals surface area (Å²) in [4.78, 5) is 8.80. The summed E-state index contributed by atoms with van der Waals surface area (Å²) in [5, 5.41) is 23.6. The van der Waals surface area contributed by atoms with Crippen LogP contribution in [-0.4, -0.2) is 47.1 Å². The van der Waals surface area contributed by atoms with Crippen LogP contribution in [-0.2, 0) is 0 Å². The molecule has 0 bridgehead atoms. The van der Waals surface area contributed by atoms with E-state index in [4.69, 9.17) is 0 Å². The van der Waals surface area contributed by atoms with E-state index in [0.29, 0.717) is 34.4 Å². The van der Waals surface area contributed by atoms with E-state index in [1.54, 1.807) is 18.3 Å². The number of aryl methyl sites for hydroxylation is 1. The third-order valence-corrected chi connectivity index (χ3v) is 6.28. The summed E-state index contributed by atoms with van der Waals surface area (Å²) >= 11 is 0. The van der Waals surface area contributed by atoms with Crippen LogP contribution in [0.2, 0.25) is 0 Å². The molecule has 4 heterocycles. The Bertz CT molecular complexity index is 1350. The average molecular weight is 435 g/mol. The SMILES string of the molecule is Cc1cnc2cc(-c3cc4ccn([C@H]5CC(C)(C)NC(C)(C)[C@H]5F)c4nn3)c(O)cc2n1. The predicted octanol–water partition coefficient (Wildman–Crippen LogP) is 4.49. The van der Waals surface area contributed by atoms with Crippen molar-refractivity contribution in [1.82, 2.24) is 30.0 Å². The van der Waals surface area contributed by atoms with Crippen molar-refractivity contribution in [3.8, 4) is 17.0 Å². The number of nitrogens with zero attached hydrogens (tertiary/aromatic N) is 5. The molecule has 0 amide bonds. The number of alkyl halides is 1. The van der Waals surface area contributed by atoms with Gasteiger partial charge in [-0.15, -0.1) is 10.2 Å². The molecule has 1 aliphatic rings. The molecular formula is C24H27FN6O. The summed E-state index contributed by atoms with van der Waals surface area (Å²) in [6, 6.07) is 6.79. The number of piperidine rings is 1. The van der Waals surface area contributed by atoms with Crippen LogP contribution in [0.3, 0.4) is 0 Å². The molecule has 2 atom stereocenters. The number of nitrogens with one attached hydrogen (secondary N) is 1. The molecule has 0 aliphatic carbocycles. The molecule has 3 aromatic heterocycles. The fraction of sp³-hybridized carbons (Fsp3) is 0.417. The molecule has 0 saturated carbocycles. The summed E-state index contributed by atoms with van der Waals surface area (Å²) in [6.45, 7) is 9.84. The summed E-state index contributed by atoms with van der Waals surface area (Å²) in [6.07, 6.45) is 3.12.